The predicted molar refractivity (Wildman–Crippen MR) is 239 cm³/mol. The van der Waals surface area contributed by atoms with E-state index in [4.69, 9.17) is 24.6 Å². The molecular weight excluding hydrogens is 719 g/mol. The summed E-state index contributed by atoms with van der Waals surface area (Å²) in [6, 6.07) is 60.8. The van der Waals surface area contributed by atoms with Gasteiger partial charge in [0.05, 0.1) is 6.54 Å². The Bertz CT molecular complexity index is 3390. The van der Waals surface area contributed by atoms with Crippen molar-refractivity contribution in [3.8, 4) is 22.3 Å². The zero-order valence-electron chi connectivity index (χ0n) is 30.6. The highest BCUT2D eigenvalue weighted by Crippen LogP contribution is 2.43. The molecule has 0 unspecified atom stereocenters. The van der Waals surface area contributed by atoms with Crippen molar-refractivity contribution >= 4 is 87.1 Å². The van der Waals surface area contributed by atoms with Gasteiger partial charge in [0.2, 0.25) is 0 Å². The summed E-state index contributed by atoms with van der Waals surface area (Å²) in [5.74, 6) is 0.914. The molecule has 3 heterocycles. The maximum atomic E-state index is 6.73. The predicted octanol–water partition coefficient (Wildman–Crippen LogP) is 13.5. The number of fused-ring (bicyclic) bond motifs is 9. The van der Waals surface area contributed by atoms with Crippen LogP contribution in [-0.2, 0) is 6.54 Å². The lowest BCUT2D eigenvalue weighted by molar-refractivity contribution is 0.668. The van der Waals surface area contributed by atoms with Gasteiger partial charge in [-0.1, -0.05) is 121 Å². The number of rotatable bonds is 6. The van der Waals surface area contributed by atoms with Crippen LogP contribution in [0.4, 0.5) is 0 Å². The second-order valence-electron chi connectivity index (χ2n) is 14.3. The molecule has 11 aromatic rings. The number of hydrogen-bond acceptors (Lipinski definition) is 4. The number of hydrogen-bond donors (Lipinski definition) is 1. The summed E-state index contributed by atoms with van der Waals surface area (Å²) in [6.07, 6.45) is 0. The smallest absolute Gasteiger partial charge is 0.157 e. The fourth-order valence-electron chi connectivity index (χ4n) is 8.08. The monoisotopic (exact) mass is 751 g/mol. The Kier molecular flexibility index (Phi) is 7.83. The Balaban J connectivity index is 1.00. The molecule has 57 heavy (non-hydrogen) atoms. The van der Waals surface area contributed by atoms with Crippen LogP contribution in [0.15, 0.2) is 195 Å². The van der Waals surface area contributed by atoms with E-state index < -0.39 is 0 Å². The molecule has 0 aliphatic heterocycles. The Morgan fingerprint density at radius 2 is 1.19 bits per heavy atom. The molecule has 11 rings (SSSR count). The van der Waals surface area contributed by atoms with E-state index in [0.29, 0.717) is 18.2 Å². The highest BCUT2D eigenvalue weighted by Gasteiger charge is 2.17. The molecule has 0 aliphatic rings. The summed E-state index contributed by atoms with van der Waals surface area (Å²) >= 11 is 1.84. The fourth-order valence-corrected chi connectivity index (χ4v) is 9.19. The van der Waals surface area contributed by atoms with Crippen LogP contribution in [0.25, 0.3) is 86.3 Å². The van der Waals surface area contributed by atoms with Gasteiger partial charge in [0.15, 0.2) is 5.84 Å². The van der Waals surface area contributed by atoms with Crippen LogP contribution in [0.5, 0.6) is 0 Å². The summed E-state index contributed by atoms with van der Waals surface area (Å²) in [5.41, 5.74) is 17.5. The lowest BCUT2D eigenvalue weighted by atomic mass is 9.96. The van der Waals surface area contributed by atoms with Crippen LogP contribution in [0.1, 0.15) is 16.7 Å². The maximum Gasteiger partial charge on any atom is 0.157 e. The summed E-state index contributed by atoms with van der Waals surface area (Å²) in [5, 5.41) is 6.76. The second kappa shape index (κ2) is 13.5. The first-order chi connectivity index (χ1) is 28.1. The third-order valence-corrected chi connectivity index (χ3v) is 12.0. The number of nitrogens with two attached hydrogens (primary N) is 1. The van der Waals surface area contributed by atoms with Crippen LogP contribution >= 0.6 is 11.3 Å². The van der Waals surface area contributed by atoms with Gasteiger partial charge in [-0.15, -0.1) is 11.3 Å². The van der Waals surface area contributed by atoms with E-state index in [1.165, 1.54) is 36.9 Å². The van der Waals surface area contributed by atoms with Gasteiger partial charge in [-0.3, -0.25) is 4.99 Å². The average Bonchev–Trinajstić information content (AvgIpc) is 3.96. The summed E-state index contributed by atoms with van der Waals surface area (Å²) in [7, 11) is 0. The van der Waals surface area contributed by atoms with Gasteiger partial charge in [0.1, 0.15) is 28.2 Å². The quantitative estimate of drug-likeness (QED) is 0.136. The van der Waals surface area contributed by atoms with Gasteiger partial charge in [0.25, 0.3) is 0 Å². The first-order valence-electron chi connectivity index (χ1n) is 19.0. The molecule has 0 fully saturated rings. The highest BCUT2D eigenvalue weighted by atomic mass is 32.1. The molecule has 0 saturated carbocycles. The van der Waals surface area contributed by atoms with Gasteiger partial charge in [-0.05, 0) is 82.4 Å². The minimum Gasteiger partial charge on any atom is -0.456 e. The molecule has 0 spiro atoms. The molecule has 0 bridgehead atoms. The summed E-state index contributed by atoms with van der Waals surface area (Å²) < 4.78 is 15.2. The van der Waals surface area contributed by atoms with E-state index in [2.05, 4.69) is 97.1 Å². The molecule has 5 nitrogen and oxygen atoms in total. The highest BCUT2D eigenvalue weighted by molar-refractivity contribution is 7.26. The van der Waals surface area contributed by atoms with Gasteiger partial charge < -0.3 is 14.6 Å². The molecule has 0 radical (unpaired) electrons. The minimum atomic E-state index is 0.364. The van der Waals surface area contributed by atoms with E-state index in [9.17, 15) is 0 Å². The lowest BCUT2D eigenvalue weighted by Crippen LogP contribution is -2.16. The molecule has 0 amide bonds. The standard InChI is InChI=1S/C51H33N3O2S/c52-50(35-21-24-39-38-16-7-8-18-42(38)56-45(39)29-35)54-51(32-13-5-2-6-14-32)53-30-36-15-9-19-44-48(36)40-28-34(22-25-43(40)55-44)37-17-10-20-47-49(37)41-27-33(23-26-46(41)57-47)31-11-3-1-4-12-31/h1-29H,30H2,(H2,52,53,54). The Hall–Kier alpha value is -7.28. The maximum absolute atomic E-state index is 6.73. The zero-order valence-corrected chi connectivity index (χ0v) is 31.5. The fraction of sp³-hybridized carbons (Fsp3) is 0.0196. The number of nitrogens with zero attached hydrogens (tertiary/aromatic N) is 2. The molecule has 3 aromatic heterocycles. The van der Waals surface area contributed by atoms with E-state index in [1.807, 2.05) is 90.2 Å². The van der Waals surface area contributed by atoms with Crippen molar-refractivity contribution in [3.63, 3.8) is 0 Å². The van der Waals surface area contributed by atoms with Crippen molar-refractivity contribution in [2.24, 2.45) is 15.7 Å². The van der Waals surface area contributed by atoms with Crippen molar-refractivity contribution in [1.29, 1.82) is 0 Å². The van der Waals surface area contributed by atoms with Crippen LogP contribution in [0, 0.1) is 0 Å². The SMILES string of the molecule is NC(=NC(=NCc1cccc2oc3ccc(-c4cccc5sc6ccc(-c7ccccc7)cc6c45)cc3c12)c1ccccc1)c1ccc2c(c1)oc1ccccc12. The number of thiophene rings is 1. The molecule has 270 valence electrons. The third-order valence-electron chi connectivity index (χ3n) is 10.8. The lowest BCUT2D eigenvalue weighted by Gasteiger charge is -2.08. The Morgan fingerprint density at radius 3 is 2.09 bits per heavy atom. The van der Waals surface area contributed by atoms with Crippen molar-refractivity contribution in [3.05, 3.63) is 193 Å². The normalized spacial score (nSPS) is 12.6. The number of para-hydroxylation sites is 1. The minimum absolute atomic E-state index is 0.364. The topological polar surface area (TPSA) is 77.0 Å². The molecule has 2 N–H and O–H groups in total. The zero-order chi connectivity index (χ0) is 37.9. The molecule has 0 aliphatic carbocycles. The molecule has 0 saturated heterocycles. The number of furan rings is 2. The summed E-state index contributed by atoms with van der Waals surface area (Å²) in [6.45, 7) is 0.382. The largest absolute Gasteiger partial charge is 0.456 e. The Morgan fingerprint density at radius 1 is 0.474 bits per heavy atom. The number of aliphatic imine (C=N–C) groups is 2. The molecule has 0 atom stereocenters. The van der Waals surface area contributed by atoms with E-state index >= 15 is 0 Å². The van der Waals surface area contributed by atoms with Gasteiger partial charge in [0, 0.05) is 52.8 Å². The van der Waals surface area contributed by atoms with Crippen LogP contribution < -0.4 is 5.73 Å². The first-order valence-corrected chi connectivity index (χ1v) is 19.8. The first kappa shape index (κ1) is 33.1. The molecular formula is C51H33N3O2S. The number of benzene rings is 8. The average molecular weight is 752 g/mol. The van der Waals surface area contributed by atoms with E-state index in [0.717, 1.165) is 66.1 Å². The van der Waals surface area contributed by atoms with E-state index in [1.54, 1.807) is 0 Å². The van der Waals surface area contributed by atoms with Gasteiger partial charge >= 0.3 is 0 Å². The van der Waals surface area contributed by atoms with Crippen LogP contribution in [0.3, 0.4) is 0 Å². The van der Waals surface area contributed by atoms with Crippen LogP contribution in [-0.4, -0.2) is 11.7 Å². The van der Waals surface area contributed by atoms with Crippen molar-refractivity contribution < 1.29 is 8.83 Å². The van der Waals surface area contributed by atoms with Gasteiger partial charge in [-0.25, -0.2) is 4.99 Å². The molecule has 6 heteroatoms. The van der Waals surface area contributed by atoms with Crippen molar-refractivity contribution in [2.75, 3.05) is 0 Å². The third kappa shape index (κ3) is 5.77. The van der Waals surface area contributed by atoms with Crippen molar-refractivity contribution in [1.82, 2.24) is 0 Å². The summed E-state index contributed by atoms with van der Waals surface area (Å²) in [4.78, 5) is 10.1. The van der Waals surface area contributed by atoms with Crippen molar-refractivity contribution in [2.45, 2.75) is 6.54 Å². The second-order valence-corrected chi connectivity index (χ2v) is 15.4. The van der Waals surface area contributed by atoms with E-state index in [-0.39, 0.29) is 0 Å². The molecule has 8 aromatic carbocycles. The van der Waals surface area contributed by atoms with Crippen LogP contribution in [0.2, 0.25) is 0 Å². The number of amidine groups is 2. The van der Waals surface area contributed by atoms with Gasteiger partial charge in [-0.2, -0.15) is 0 Å². The Labute approximate surface area is 331 Å².